The highest BCUT2D eigenvalue weighted by Gasteiger charge is 2.53. The zero-order valence-electron chi connectivity index (χ0n) is 11.9. The fourth-order valence-corrected chi connectivity index (χ4v) is 5.06. The SMILES string of the molecule is C[C@]12CC[C@@H]3c4ccc(O)cc4C=C[C@@H]3[C@@H]1CC[C@@H]2O. The van der Waals surface area contributed by atoms with Gasteiger partial charge < -0.3 is 10.2 Å². The summed E-state index contributed by atoms with van der Waals surface area (Å²) in [4.78, 5) is 0. The van der Waals surface area contributed by atoms with Gasteiger partial charge in [-0.25, -0.2) is 0 Å². The van der Waals surface area contributed by atoms with E-state index in [4.69, 9.17) is 0 Å². The molecular formula is C18H22O2. The molecule has 0 spiro atoms. The Labute approximate surface area is 120 Å². The number of fused-ring (bicyclic) bond motifs is 5. The minimum atomic E-state index is -0.122. The van der Waals surface area contributed by atoms with Crippen molar-refractivity contribution in [1.82, 2.24) is 0 Å². The van der Waals surface area contributed by atoms with Gasteiger partial charge in [0.2, 0.25) is 0 Å². The molecule has 2 nitrogen and oxygen atoms in total. The number of benzene rings is 1. The summed E-state index contributed by atoms with van der Waals surface area (Å²) in [5.41, 5.74) is 2.67. The maximum Gasteiger partial charge on any atom is 0.116 e. The van der Waals surface area contributed by atoms with E-state index in [-0.39, 0.29) is 11.5 Å². The van der Waals surface area contributed by atoms with E-state index >= 15 is 0 Å². The van der Waals surface area contributed by atoms with Gasteiger partial charge in [-0.05, 0) is 72.1 Å². The van der Waals surface area contributed by atoms with Crippen LogP contribution in [-0.4, -0.2) is 16.3 Å². The average Bonchev–Trinajstić information content (AvgIpc) is 2.74. The number of phenols is 1. The molecule has 3 aliphatic carbocycles. The van der Waals surface area contributed by atoms with Crippen molar-refractivity contribution < 1.29 is 10.2 Å². The Morgan fingerprint density at radius 1 is 1.20 bits per heavy atom. The topological polar surface area (TPSA) is 40.5 Å². The minimum Gasteiger partial charge on any atom is -0.508 e. The number of hydrogen-bond acceptors (Lipinski definition) is 2. The standard InChI is InChI=1S/C18H22O2/c1-18-9-8-14-13-5-3-12(19)10-11(13)2-4-15(14)16(18)6-7-17(18)20/h2-5,10,14-17,19-20H,6-9H2,1H3/t14-,15+,16+,17+,18+/m1/s1. The molecule has 4 rings (SSSR count). The lowest BCUT2D eigenvalue weighted by Crippen LogP contribution is -2.42. The molecule has 2 fully saturated rings. The van der Waals surface area contributed by atoms with Gasteiger partial charge in [-0.1, -0.05) is 25.1 Å². The third-order valence-corrected chi connectivity index (χ3v) is 6.25. The first-order valence-corrected chi connectivity index (χ1v) is 7.79. The van der Waals surface area contributed by atoms with E-state index in [9.17, 15) is 10.2 Å². The van der Waals surface area contributed by atoms with Crippen LogP contribution in [0.5, 0.6) is 5.75 Å². The van der Waals surface area contributed by atoms with Gasteiger partial charge in [-0.3, -0.25) is 0 Å². The van der Waals surface area contributed by atoms with Crippen LogP contribution in [0.3, 0.4) is 0 Å². The quantitative estimate of drug-likeness (QED) is 0.755. The van der Waals surface area contributed by atoms with Gasteiger partial charge in [0, 0.05) is 0 Å². The van der Waals surface area contributed by atoms with Crippen LogP contribution in [0.4, 0.5) is 0 Å². The van der Waals surface area contributed by atoms with E-state index in [2.05, 4.69) is 25.1 Å². The molecular weight excluding hydrogens is 248 g/mol. The molecule has 0 amide bonds. The van der Waals surface area contributed by atoms with Crippen molar-refractivity contribution >= 4 is 6.08 Å². The average molecular weight is 270 g/mol. The van der Waals surface area contributed by atoms with Gasteiger partial charge in [0.05, 0.1) is 6.10 Å². The van der Waals surface area contributed by atoms with Crippen molar-refractivity contribution in [2.75, 3.05) is 0 Å². The van der Waals surface area contributed by atoms with Gasteiger partial charge in [-0.2, -0.15) is 0 Å². The molecule has 2 N–H and O–H groups in total. The molecule has 0 aliphatic heterocycles. The molecule has 20 heavy (non-hydrogen) atoms. The molecule has 1 aromatic carbocycles. The predicted molar refractivity (Wildman–Crippen MR) is 79.4 cm³/mol. The molecule has 0 heterocycles. The Morgan fingerprint density at radius 3 is 2.90 bits per heavy atom. The number of hydrogen-bond donors (Lipinski definition) is 2. The third-order valence-electron chi connectivity index (χ3n) is 6.25. The summed E-state index contributed by atoms with van der Waals surface area (Å²) < 4.78 is 0. The summed E-state index contributed by atoms with van der Waals surface area (Å²) in [6, 6.07) is 5.78. The van der Waals surface area contributed by atoms with Gasteiger partial charge >= 0.3 is 0 Å². The van der Waals surface area contributed by atoms with Crippen LogP contribution in [0, 0.1) is 17.3 Å². The van der Waals surface area contributed by atoms with Gasteiger partial charge in [0.1, 0.15) is 5.75 Å². The molecule has 3 aliphatic rings. The summed E-state index contributed by atoms with van der Waals surface area (Å²) in [6.45, 7) is 2.28. The third kappa shape index (κ3) is 1.54. The Kier molecular flexibility index (Phi) is 2.56. The lowest BCUT2D eigenvalue weighted by Gasteiger charge is -2.48. The summed E-state index contributed by atoms with van der Waals surface area (Å²) in [5.74, 6) is 2.08. The Balaban J connectivity index is 1.75. The summed E-state index contributed by atoms with van der Waals surface area (Å²) in [5, 5.41) is 20.0. The maximum absolute atomic E-state index is 10.3. The summed E-state index contributed by atoms with van der Waals surface area (Å²) >= 11 is 0. The monoisotopic (exact) mass is 270 g/mol. The number of aliphatic hydroxyl groups excluding tert-OH is 1. The van der Waals surface area contributed by atoms with Crippen molar-refractivity contribution in [2.45, 2.75) is 44.6 Å². The second-order valence-electron chi connectivity index (χ2n) is 7.10. The Bertz CT molecular complexity index is 577. The van der Waals surface area contributed by atoms with E-state index in [0.29, 0.717) is 23.5 Å². The van der Waals surface area contributed by atoms with Crippen LogP contribution < -0.4 is 0 Å². The van der Waals surface area contributed by atoms with Crippen molar-refractivity contribution in [3.05, 3.63) is 35.4 Å². The van der Waals surface area contributed by atoms with E-state index < -0.39 is 0 Å². The van der Waals surface area contributed by atoms with Crippen LogP contribution in [0.25, 0.3) is 6.08 Å². The van der Waals surface area contributed by atoms with Crippen LogP contribution in [0.2, 0.25) is 0 Å². The van der Waals surface area contributed by atoms with Crippen LogP contribution in [0.1, 0.15) is 49.7 Å². The van der Waals surface area contributed by atoms with Crippen molar-refractivity contribution in [3.63, 3.8) is 0 Å². The second-order valence-corrected chi connectivity index (χ2v) is 7.10. The number of aliphatic hydroxyl groups is 1. The molecule has 0 bridgehead atoms. The lowest BCUT2D eigenvalue weighted by atomic mass is 9.57. The van der Waals surface area contributed by atoms with E-state index in [1.54, 1.807) is 0 Å². The van der Waals surface area contributed by atoms with Crippen molar-refractivity contribution in [3.8, 4) is 5.75 Å². The molecule has 5 atom stereocenters. The molecule has 0 saturated heterocycles. The van der Waals surface area contributed by atoms with E-state index in [0.717, 1.165) is 25.7 Å². The van der Waals surface area contributed by atoms with Crippen LogP contribution in [-0.2, 0) is 0 Å². The minimum absolute atomic E-state index is 0.111. The van der Waals surface area contributed by atoms with E-state index in [1.807, 2.05) is 12.1 Å². The number of allylic oxidation sites excluding steroid dienone is 1. The van der Waals surface area contributed by atoms with Crippen molar-refractivity contribution in [2.24, 2.45) is 17.3 Å². The number of phenolic OH excluding ortho intramolecular Hbond substituents is 1. The molecule has 106 valence electrons. The lowest BCUT2D eigenvalue weighted by molar-refractivity contribution is -0.00797. The summed E-state index contributed by atoms with van der Waals surface area (Å²) in [6.07, 6.45) is 8.77. The predicted octanol–water partition coefficient (Wildman–Crippen LogP) is 3.69. The molecule has 0 aromatic heterocycles. The largest absolute Gasteiger partial charge is 0.508 e. The Hall–Kier alpha value is -1.28. The van der Waals surface area contributed by atoms with Gasteiger partial charge in [0.15, 0.2) is 0 Å². The fraction of sp³-hybridized carbons (Fsp3) is 0.556. The molecule has 0 radical (unpaired) electrons. The highest BCUT2D eigenvalue weighted by molar-refractivity contribution is 5.60. The second kappa shape index (κ2) is 4.11. The zero-order chi connectivity index (χ0) is 13.9. The Morgan fingerprint density at radius 2 is 2.05 bits per heavy atom. The smallest absolute Gasteiger partial charge is 0.116 e. The fourth-order valence-electron chi connectivity index (χ4n) is 5.06. The molecule has 1 aromatic rings. The summed E-state index contributed by atoms with van der Waals surface area (Å²) in [7, 11) is 0. The van der Waals surface area contributed by atoms with Crippen LogP contribution >= 0.6 is 0 Å². The maximum atomic E-state index is 10.3. The molecule has 2 saturated carbocycles. The normalized spacial score (nSPS) is 41.9. The zero-order valence-corrected chi connectivity index (χ0v) is 11.9. The highest BCUT2D eigenvalue weighted by Crippen LogP contribution is 2.60. The van der Waals surface area contributed by atoms with Gasteiger partial charge in [0.25, 0.3) is 0 Å². The van der Waals surface area contributed by atoms with Crippen molar-refractivity contribution in [1.29, 1.82) is 0 Å². The number of rotatable bonds is 0. The highest BCUT2D eigenvalue weighted by atomic mass is 16.3. The van der Waals surface area contributed by atoms with E-state index in [1.165, 1.54) is 11.1 Å². The first-order chi connectivity index (χ1) is 9.59. The van der Waals surface area contributed by atoms with Crippen LogP contribution in [0.15, 0.2) is 24.3 Å². The number of aromatic hydroxyl groups is 1. The molecule has 2 heteroatoms. The molecule has 0 unspecified atom stereocenters. The first-order valence-electron chi connectivity index (χ1n) is 7.79. The first kappa shape index (κ1) is 12.5. The van der Waals surface area contributed by atoms with Gasteiger partial charge in [-0.15, -0.1) is 0 Å².